The molecule has 2 aliphatic rings. The van der Waals surface area contributed by atoms with Crippen molar-refractivity contribution < 1.29 is 33.4 Å². The number of ether oxygens (including phenoxy) is 4. The van der Waals surface area contributed by atoms with Gasteiger partial charge in [0.2, 0.25) is 5.91 Å². The highest BCUT2D eigenvalue weighted by Gasteiger charge is 2.61. The van der Waals surface area contributed by atoms with Crippen LogP contribution in [0.2, 0.25) is 0 Å². The predicted octanol–water partition coefficient (Wildman–Crippen LogP) is 3.77. The summed E-state index contributed by atoms with van der Waals surface area (Å²) in [7, 11) is 6.10. The number of hydrogen-bond acceptors (Lipinski definition) is 8. The van der Waals surface area contributed by atoms with Crippen LogP contribution in [0.1, 0.15) is 11.6 Å². The number of para-hydroxylation sites is 3. The Kier molecular flexibility index (Phi) is 6.15. The Bertz CT molecular complexity index is 1300. The molecule has 0 saturated carbocycles. The van der Waals surface area contributed by atoms with Gasteiger partial charge in [0.15, 0.2) is 17.6 Å². The molecule has 0 aliphatic carbocycles. The first-order chi connectivity index (χ1) is 17.5. The maximum atomic E-state index is 13.9. The van der Waals surface area contributed by atoms with E-state index in [2.05, 4.69) is 0 Å². The van der Waals surface area contributed by atoms with E-state index in [1.54, 1.807) is 41.5 Å². The van der Waals surface area contributed by atoms with Crippen LogP contribution >= 0.6 is 0 Å². The summed E-state index contributed by atoms with van der Waals surface area (Å²) in [6, 6.07) is 19.0. The third kappa shape index (κ3) is 3.59. The molecule has 3 aromatic carbocycles. The van der Waals surface area contributed by atoms with Crippen molar-refractivity contribution in [2.45, 2.75) is 12.1 Å². The van der Waals surface area contributed by atoms with Crippen molar-refractivity contribution in [3.8, 4) is 23.0 Å². The van der Waals surface area contributed by atoms with Gasteiger partial charge < -0.3 is 18.9 Å². The molecule has 2 heterocycles. The lowest BCUT2D eigenvalue weighted by Crippen LogP contribution is -2.37. The summed E-state index contributed by atoms with van der Waals surface area (Å²) in [4.78, 5) is 34.9. The number of hydrogen-bond donors (Lipinski definition) is 0. The van der Waals surface area contributed by atoms with E-state index in [0.29, 0.717) is 39.9 Å². The molecule has 2 amide bonds. The van der Waals surface area contributed by atoms with Crippen molar-refractivity contribution in [2.75, 3.05) is 38.4 Å². The number of methoxy groups -OCH3 is 4. The van der Waals surface area contributed by atoms with Crippen LogP contribution in [-0.4, -0.2) is 46.4 Å². The number of benzene rings is 3. The second-order valence-electron chi connectivity index (χ2n) is 8.29. The third-order valence-electron chi connectivity index (χ3n) is 6.51. The Morgan fingerprint density at radius 1 is 0.694 bits per heavy atom. The van der Waals surface area contributed by atoms with Gasteiger partial charge in [-0.15, -0.1) is 0 Å². The summed E-state index contributed by atoms with van der Waals surface area (Å²) in [6.07, 6.45) is -1.04. The highest BCUT2D eigenvalue weighted by Crippen LogP contribution is 2.51. The van der Waals surface area contributed by atoms with Crippen molar-refractivity contribution in [2.24, 2.45) is 5.92 Å². The van der Waals surface area contributed by atoms with Gasteiger partial charge in [-0.1, -0.05) is 30.3 Å². The molecular weight excluding hydrogens is 464 g/mol. The van der Waals surface area contributed by atoms with Gasteiger partial charge in [-0.05, 0) is 30.3 Å². The lowest BCUT2D eigenvalue weighted by molar-refractivity contribution is -0.126. The second kappa shape index (κ2) is 9.43. The quantitative estimate of drug-likeness (QED) is 0.463. The van der Waals surface area contributed by atoms with Gasteiger partial charge in [0.05, 0.1) is 39.8 Å². The molecule has 0 bridgehead atoms. The highest BCUT2D eigenvalue weighted by atomic mass is 16.7. The molecule has 0 aromatic heterocycles. The Labute approximate surface area is 208 Å². The van der Waals surface area contributed by atoms with E-state index in [4.69, 9.17) is 23.8 Å². The summed E-state index contributed by atoms with van der Waals surface area (Å²) < 4.78 is 22.1. The van der Waals surface area contributed by atoms with Crippen LogP contribution in [0.4, 0.5) is 11.4 Å². The van der Waals surface area contributed by atoms with Crippen LogP contribution in [0.25, 0.3) is 0 Å². The van der Waals surface area contributed by atoms with E-state index in [0.717, 1.165) is 4.90 Å². The Morgan fingerprint density at radius 3 is 1.97 bits per heavy atom. The van der Waals surface area contributed by atoms with Crippen molar-refractivity contribution in [1.82, 2.24) is 0 Å². The smallest absolute Gasteiger partial charge is 0.266 e. The maximum absolute atomic E-state index is 13.9. The van der Waals surface area contributed by atoms with Crippen molar-refractivity contribution in [3.05, 3.63) is 72.3 Å². The van der Waals surface area contributed by atoms with Crippen molar-refractivity contribution in [3.63, 3.8) is 0 Å². The number of hydroxylamine groups is 1. The molecule has 0 radical (unpaired) electrons. The van der Waals surface area contributed by atoms with E-state index in [9.17, 15) is 9.59 Å². The monoisotopic (exact) mass is 490 g/mol. The fourth-order valence-electron chi connectivity index (χ4n) is 4.87. The van der Waals surface area contributed by atoms with Crippen LogP contribution in [0.3, 0.4) is 0 Å². The molecule has 3 atom stereocenters. The number of carbonyl (C=O) groups excluding carboxylic acids is 2. The molecule has 9 nitrogen and oxygen atoms in total. The average molecular weight is 491 g/mol. The van der Waals surface area contributed by atoms with Gasteiger partial charge in [0, 0.05) is 11.6 Å². The average Bonchev–Trinajstić information content (AvgIpc) is 3.43. The molecule has 0 N–H and O–H groups in total. The second-order valence-corrected chi connectivity index (χ2v) is 8.29. The minimum Gasteiger partial charge on any atom is -0.496 e. The van der Waals surface area contributed by atoms with Gasteiger partial charge >= 0.3 is 0 Å². The Balaban J connectivity index is 1.67. The molecule has 0 unspecified atom stereocenters. The first-order valence-corrected chi connectivity index (χ1v) is 11.4. The standard InChI is InChI=1S/C27H26N2O7/c1-32-19-13-9-8-12-18(19)28-26(30)23-24(17-14-21(34-3)22(35-4)15-20(17)33-2)29(36-25(23)27(28)31)16-10-6-5-7-11-16/h5-15,23-25H,1-4H3/t23-,24+,25+/m0/s1. The number of rotatable bonds is 7. The van der Waals surface area contributed by atoms with Crippen LogP contribution in [0, 0.1) is 5.92 Å². The molecule has 5 rings (SSSR count). The van der Waals surface area contributed by atoms with Gasteiger partial charge in [-0.2, -0.15) is 0 Å². The van der Waals surface area contributed by atoms with Crippen LogP contribution in [-0.2, 0) is 14.4 Å². The van der Waals surface area contributed by atoms with E-state index >= 15 is 0 Å². The zero-order valence-corrected chi connectivity index (χ0v) is 20.3. The summed E-state index contributed by atoms with van der Waals surface area (Å²) in [5, 5.41) is 1.61. The van der Waals surface area contributed by atoms with E-state index in [-0.39, 0.29) is 0 Å². The Morgan fingerprint density at radius 2 is 1.31 bits per heavy atom. The highest BCUT2D eigenvalue weighted by molar-refractivity contribution is 6.24. The number of amides is 2. The largest absolute Gasteiger partial charge is 0.496 e. The lowest BCUT2D eigenvalue weighted by atomic mass is 9.89. The number of nitrogens with zero attached hydrogens (tertiary/aromatic N) is 2. The first-order valence-electron chi connectivity index (χ1n) is 11.4. The number of imide groups is 1. The van der Waals surface area contributed by atoms with Crippen LogP contribution in [0.5, 0.6) is 23.0 Å². The molecule has 2 saturated heterocycles. The van der Waals surface area contributed by atoms with Crippen LogP contribution < -0.4 is 28.9 Å². The normalized spacial score (nSPS) is 20.9. The molecule has 2 fully saturated rings. The fourth-order valence-corrected chi connectivity index (χ4v) is 4.87. The zero-order valence-electron chi connectivity index (χ0n) is 20.3. The van der Waals surface area contributed by atoms with E-state index < -0.39 is 29.9 Å². The number of fused-ring (bicyclic) bond motifs is 1. The SMILES string of the molecule is COc1cc(OC)c([C@@H]2[C@@H]3C(=O)N(c4ccccc4OC)C(=O)[C@@H]3ON2c2ccccc2)cc1OC. The third-order valence-corrected chi connectivity index (χ3v) is 6.51. The summed E-state index contributed by atoms with van der Waals surface area (Å²) in [5.74, 6) is 0.118. The van der Waals surface area contributed by atoms with Crippen molar-refractivity contribution in [1.29, 1.82) is 0 Å². The molecule has 0 spiro atoms. The zero-order chi connectivity index (χ0) is 25.4. The van der Waals surface area contributed by atoms with Gasteiger partial charge in [-0.3, -0.25) is 14.4 Å². The van der Waals surface area contributed by atoms with Gasteiger partial charge in [0.25, 0.3) is 5.91 Å². The first kappa shape index (κ1) is 23.5. The molecule has 2 aliphatic heterocycles. The fraction of sp³-hybridized carbons (Fsp3) is 0.259. The van der Waals surface area contributed by atoms with E-state index in [1.165, 1.54) is 28.4 Å². The van der Waals surface area contributed by atoms with E-state index in [1.807, 2.05) is 30.3 Å². The number of anilines is 2. The molecule has 36 heavy (non-hydrogen) atoms. The summed E-state index contributed by atoms with van der Waals surface area (Å²) in [5.41, 5.74) is 1.69. The van der Waals surface area contributed by atoms with Crippen molar-refractivity contribution >= 4 is 23.2 Å². The minimum atomic E-state index is -1.04. The van der Waals surface area contributed by atoms with Crippen LogP contribution in [0.15, 0.2) is 66.7 Å². The van der Waals surface area contributed by atoms with Gasteiger partial charge in [-0.25, -0.2) is 9.96 Å². The Hall–Kier alpha value is -4.24. The van der Waals surface area contributed by atoms with Gasteiger partial charge in [0.1, 0.15) is 23.5 Å². The maximum Gasteiger partial charge on any atom is 0.266 e. The number of carbonyl (C=O) groups is 2. The molecule has 9 heteroatoms. The summed E-state index contributed by atoms with van der Waals surface area (Å²) >= 11 is 0. The molecule has 3 aromatic rings. The minimum absolute atomic E-state index is 0.372. The topological polar surface area (TPSA) is 86.8 Å². The summed E-state index contributed by atoms with van der Waals surface area (Å²) in [6.45, 7) is 0. The lowest BCUT2D eigenvalue weighted by Gasteiger charge is -2.30. The molecule has 186 valence electrons. The predicted molar refractivity (Wildman–Crippen MR) is 132 cm³/mol. The molecular formula is C27H26N2O7.